The van der Waals surface area contributed by atoms with Gasteiger partial charge >= 0.3 is 0 Å². The minimum Gasteiger partial charge on any atom is -0.351 e. The van der Waals surface area contributed by atoms with Crippen LogP contribution >= 0.6 is 11.3 Å². The molecule has 0 aliphatic heterocycles. The number of hydrogen-bond donors (Lipinski definition) is 2. The van der Waals surface area contributed by atoms with E-state index in [-0.39, 0.29) is 24.8 Å². The van der Waals surface area contributed by atoms with Gasteiger partial charge in [0.05, 0.1) is 12.7 Å². The molecule has 0 aliphatic rings. The molecule has 0 spiro atoms. The summed E-state index contributed by atoms with van der Waals surface area (Å²) >= 11 is 1.46. The molecule has 2 N–H and O–H groups in total. The summed E-state index contributed by atoms with van der Waals surface area (Å²) < 4.78 is 1.77. The van der Waals surface area contributed by atoms with Crippen LogP contribution in [0.5, 0.6) is 0 Å². The number of nitrogens with one attached hydrogen (secondary N) is 2. The average Bonchev–Trinajstić information content (AvgIpc) is 3.41. The minimum atomic E-state index is -0.171. The molecule has 146 valence electrons. The summed E-state index contributed by atoms with van der Waals surface area (Å²) in [6, 6.07) is 17.9. The van der Waals surface area contributed by atoms with Gasteiger partial charge in [-0.15, -0.1) is 0 Å². The Kier molecular flexibility index (Phi) is 5.67. The highest BCUT2D eigenvalue weighted by Crippen LogP contribution is 2.20. The third kappa shape index (κ3) is 4.52. The molecule has 2 amide bonds. The second kappa shape index (κ2) is 8.70. The molecule has 0 atom stereocenters. The number of nitrogens with zero attached hydrogens (tertiary/aromatic N) is 2. The van der Waals surface area contributed by atoms with E-state index < -0.39 is 0 Å². The number of benzene rings is 2. The summed E-state index contributed by atoms with van der Waals surface area (Å²) in [4.78, 5) is 24.2. The predicted octanol–water partition coefficient (Wildman–Crippen LogP) is 3.90. The van der Waals surface area contributed by atoms with Crippen molar-refractivity contribution in [1.29, 1.82) is 0 Å². The zero-order chi connectivity index (χ0) is 20.1. The lowest BCUT2D eigenvalue weighted by atomic mass is 10.0. The number of anilines is 1. The fourth-order valence-electron chi connectivity index (χ4n) is 3.15. The Morgan fingerprint density at radius 1 is 1.03 bits per heavy atom. The molecule has 0 bridgehead atoms. The summed E-state index contributed by atoms with van der Waals surface area (Å²) in [6.07, 6.45) is 1.86. The number of rotatable bonds is 7. The van der Waals surface area contributed by atoms with E-state index in [4.69, 9.17) is 0 Å². The standard InChI is InChI=1S/C22H20N4O2S/c27-21(9-11-23-22(28)18-10-13-29-15-18)25-20-8-12-24-26(20)14-17-6-3-5-16-4-1-2-7-19(16)17/h1-8,10,12-13,15H,9,11,14H2,(H,23,28)(H,25,27). The van der Waals surface area contributed by atoms with Gasteiger partial charge in [0.25, 0.3) is 5.91 Å². The number of carbonyl (C=O) groups is 2. The van der Waals surface area contributed by atoms with Crippen molar-refractivity contribution in [2.75, 3.05) is 11.9 Å². The zero-order valence-corrected chi connectivity index (χ0v) is 16.5. The van der Waals surface area contributed by atoms with Crippen LogP contribution in [-0.2, 0) is 11.3 Å². The van der Waals surface area contributed by atoms with Gasteiger partial charge in [0, 0.05) is 30.0 Å². The molecule has 0 fully saturated rings. The number of carbonyl (C=O) groups excluding carboxylic acids is 2. The van der Waals surface area contributed by atoms with Gasteiger partial charge in [0.2, 0.25) is 5.91 Å². The Hall–Kier alpha value is -3.45. The van der Waals surface area contributed by atoms with Gasteiger partial charge in [0.15, 0.2) is 0 Å². The molecular formula is C22H20N4O2S. The number of hydrogen-bond acceptors (Lipinski definition) is 4. The first-order valence-electron chi connectivity index (χ1n) is 9.29. The minimum absolute atomic E-state index is 0.167. The number of aromatic nitrogens is 2. The summed E-state index contributed by atoms with van der Waals surface area (Å²) in [5.41, 5.74) is 1.74. The second-order valence-electron chi connectivity index (χ2n) is 6.58. The van der Waals surface area contributed by atoms with Crippen LogP contribution < -0.4 is 10.6 Å². The van der Waals surface area contributed by atoms with Gasteiger partial charge in [-0.25, -0.2) is 4.68 Å². The van der Waals surface area contributed by atoms with Crippen molar-refractivity contribution in [3.05, 3.63) is 82.7 Å². The highest BCUT2D eigenvalue weighted by molar-refractivity contribution is 7.08. The van der Waals surface area contributed by atoms with Crippen molar-refractivity contribution in [2.45, 2.75) is 13.0 Å². The van der Waals surface area contributed by atoms with E-state index in [1.165, 1.54) is 22.1 Å². The molecule has 29 heavy (non-hydrogen) atoms. The summed E-state index contributed by atoms with van der Waals surface area (Å²) in [7, 11) is 0. The van der Waals surface area contributed by atoms with Gasteiger partial charge in [-0.3, -0.25) is 9.59 Å². The number of fused-ring (bicyclic) bond motifs is 1. The largest absolute Gasteiger partial charge is 0.351 e. The van der Waals surface area contributed by atoms with Crippen molar-refractivity contribution in [1.82, 2.24) is 15.1 Å². The van der Waals surface area contributed by atoms with Crippen molar-refractivity contribution in [2.24, 2.45) is 0 Å². The lowest BCUT2D eigenvalue weighted by Gasteiger charge is -2.11. The fourth-order valence-corrected chi connectivity index (χ4v) is 3.78. The summed E-state index contributed by atoms with van der Waals surface area (Å²) in [6.45, 7) is 0.830. The Balaban J connectivity index is 1.36. The highest BCUT2D eigenvalue weighted by Gasteiger charge is 2.11. The Bertz CT molecular complexity index is 1130. The molecule has 0 saturated carbocycles. The van der Waals surface area contributed by atoms with Crippen molar-refractivity contribution in [3.63, 3.8) is 0 Å². The molecule has 2 aromatic carbocycles. The number of amides is 2. The van der Waals surface area contributed by atoms with Gasteiger partial charge in [-0.2, -0.15) is 16.4 Å². The third-order valence-electron chi connectivity index (χ3n) is 4.61. The lowest BCUT2D eigenvalue weighted by molar-refractivity contribution is -0.116. The molecule has 7 heteroatoms. The van der Waals surface area contributed by atoms with Crippen LogP contribution in [0.2, 0.25) is 0 Å². The SMILES string of the molecule is O=C(CCNC(=O)c1ccsc1)Nc1ccnn1Cc1cccc2ccccc12. The van der Waals surface area contributed by atoms with Crippen LogP contribution in [0.15, 0.2) is 71.6 Å². The molecule has 0 unspecified atom stereocenters. The Morgan fingerprint density at radius 3 is 2.76 bits per heavy atom. The van der Waals surface area contributed by atoms with E-state index in [2.05, 4.69) is 40.0 Å². The molecule has 2 aromatic heterocycles. The van der Waals surface area contributed by atoms with Crippen LogP contribution in [0.4, 0.5) is 5.82 Å². The molecule has 6 nitrogen and oxygen atoms in total. The molecule has 4 rings (SSSR count). The van der Waals surface area contributed by atoms with E-state index in [9.17, 15) is 9.59 Å². The van der Waals surface area contributed by atoms with Crippen LogP contribution in [0.25, 0.3) is 10.8 Å². The first kappa shape index (κ1) is 18.9. The molecule has 4 aromatic rings. The molecule has 0 aliphatic carbocycles. The molecule has 2 heterocycles. The van der Waals surface area contributed by atoms with Gasteiger partial charge < -0.3 is 10.6 Å². The van der Waals surface area contributed by atoms with E-state index in [1.807, 2.05) is 23.6 Å². The lowest BCUT2D eigenvalue weighted by Crippen LogP contribution is -2.27. The molecular weight excluding hydrogens is 384 g/mol. The normalized spacial score (nSPS) is 10.8. The van der Waals surface area contributed by atoms with Crippen LogP contribution in [0.3, 0.4) is 0 Å². The third-order valence-corrected chi connectivity index (χ3v) is 5.29. The second-order valence-corrected chi connectivity index (χ2v) is 7.36. The fraction of sp³-hybridized carbons (Fsp3) is 0.136. The van der Waals surface area contributed by atoms with Crippen LogP contribution in [0, 0.1) is 0 Å². The van der Waals surface area contributed by atoms with Crippen LogP contribution in [0.1, 0.15) is 22.3 Å². The van der Waals surface area contributed by atoms with E-state index in [0.29, 0.717) is 17.9 Å². The maximum atomic E-state index is 12.3. The van der Waals surface area contributed by atoms with Gasteiger partial charge in [0.1, 0.15) is 5.82 Å². The van der Waals surface area contributed by atoms with Gasteiger partial charge in [-0.1, -0.05) is 42.5 Å². The van der Waals surface area contributed by atoms with Crippen molar-refractivity contribution in [3.8, 4) is 0 Å². The quantitative estimate of drug-likeness (QED) is 0.490. The van der Waals surface area contributed by atoms with Crippen LogP contribution in [-0.4, -0.2) is 28.1 Å². The first-order valence-corrected chi connectivity index (χ1v) is 10.2. The highest BCUT2D eigenvalue weighted by atomic mass is 32.1. The topological polar surface area (TPSA) is 76.0 Å². The van der Waals surface area contributed by atoms with Crippen molar-refractivity contribution >= 4 is 39.7 Å². The average molecular weight is 404 g/mol. The summed E-state index contributed by atoms with van der Waals surface area (Å²) in [5, 5.41) is 15.9. The molecule has 0 radical (unpaired) electrons. The maximum absolute atomic E-state index is 12.3. The first-order chi connectivity index (χ1) is 14.2. The van der Waals surface area contributed by atoms with Gasteiger partial charge in [-0.05, 0) is 27.8 Å². The zero-order valence-electron chi connectivity index (χ0n) is 15.7. The molecule has 0 saturated heterocycles. The predicted molar refractivity (Wildman–Crippen MR) is 115 cm³/mol. The monoisotopic (exact) mass is 404 g/mol. The Labute approximate surface area is 172 Å². The number of thiophene rings is 1. The maximum Gasteiger partial charge on any atom is 0.252 e. The van der Waals surface area contributed by atoms with E-state index in [0.717, 1.165) is 5.56 Å². The Morgan fingerprint density at radius 2 is 1.90 bits per heavy atom. The van der Waals surface area contributed by atoms with E-state index in [1.54, 1.807) is 28.4 Å². The summed E-state index contributed by atoms with van der Waals surface area (Å²) in [5.74, 6) is 0.294. The van der Waals surface area contributed by atoms with E-state index >= 15 is 0 Å². The van der Waals surface area contributed by atoms with Crippen molar-refractivity contribution < 1.29 is 9.59 Å². The smallest absolute Gasteiger partial charge is 0.252 e.